The van der Waals surface area contributed by atoms with Crippen molar-refractivity contribution in [3.63, 3.8) is 0 Å². The maximum absolute atomic E-state index is 13.5. The number of rotatable bonds is 7. The van der Waals surface area contributed by atoms with Crippen molar-refractivity contribution < 1.29 is 22.7 Å². The molecule has 3 heterocycles. The summed E-state index contributed by atoms with van der Waals surface area (Å²) in [5, 5.41) is 6.59. The molecule has 4 aromatic rings. The van der Waals surface area contributed by atoms with Crippen molar-refractivity contribution in [2.75, 3.05) is 17.3 Å². The molecule has 0 bridgehead atoms. The van der Waals surface area contributed by atoms with E-state index in [4.69, 9.17) is 17.0 Å². The number of nitrogens with one attached hydrogen (secondary N) is 2. The Bertz CT molecular complexity index is 1540. The molecule has 1 aliphatic rings. The lowest BCUT2D eigenvalue weighted by molar-refractivity contribution is -0.137. The van der Waals surface area contributed by atoms with E-state index in [2.05, 4.69) is 15.6 Å². The van der Waals surface area contributed by atoms with Crippen molar-refractivity contribution in [3.8, 4) is 11.4 Å². The Balaban J connectivity index is 1.63. The molecule has 11 heteroatoms. The number of hydrogen-bond donors (Lipinski definition) is 2. The Morgan fingerprint density at radius 3 is 2.60 bits per heavy atom. The normalized spacial score (nSPS) is 17.0. The predicted octanol–water partition coefficient (Wildman–Crippen LogP) is 6.43. The first-order valence-corrected chi connectivity index (χ1v) is 13.0. The first kappa shape index (κ1) is 27.2. The zero-order valence-electron chi connectivity index (χ0n) is 21.6. The van der Waals surface area contributed by atoms with Gasteiger partial charge in [-0.1, -0.05) is 19.1 Å². The van der Waals surface area contributed by atoms with Gasteiger partial charge in [-0.3, -0.25) is 9.78 Å². The molecule has 2 N–H and O–H groups in total. The number of nitrogens with zero attached hydrogens (tertiary/aromatic N) is 3. The van der Waals surface area contributed by atoms with Crippen molar-refractivity contribution in [2.45, 2.75) is 31.6 Å². The third kappa shape index (κ3) is 5.24. The van der Waals surface area contributed by atoms with Crippen LogP contribution in [-0.2, 0) is 11.0 Å². The third-order valence-corrected chi connectivity index (χ3v) is 7.01. The van der Waals surface area contributed by atoms with Crippen LogP contribution < -0.4 is 20.3 Å². The number of ether oxygens (including phenoxy) is 1. The third-order valence-electron chi connectivity index (χ3n) is 6.69. The Labute approximate surface area is 234 Å². The molecule has 0 spiro atoms. The van der Waals surface area contributed by atoms with E-state index < -0.39 is 23.8 Å². The molecule has 1 amide bonds. The molecule has 206 valence electrons. The molecule has 0 aliphatic carbocycles. The molecule has 1 saturated heterocycles. The predicted molar refractivity (Wildman–Crippen MR) is 151 cm³/mol. The standard InChI is InChI=1S/C29H26F3N5O2S/c1-3-25(38)34-21-13-12-20(17-24(21)39-2)37-27(26(35-28(37)40)22-10-4-5-14-33-22)23-11-7-15-36(23)19-9-6-8-18(16-19)29(30,31)32/h4-17,26-27H,3H2,1-2H3,(H,34,38)(H,35,40)/t26-,27-/m0/s1. The van der Waals surface area contributed by atoms with E-state index in [1.54, 1.807) is 48.1 Å². The maximum Gasteiger partial charge on any atom is 0.416 e. The monoisotopic (exact) mass is 565 g/mol. The van der Waals surface area contributed by atoms with Gasteiger partial charge in [-0.25, -0.2) is 0 Å². The van der Waals surface area contributed by atoms with Crippen molar-refractivity contribution in [3.05, 3.63) is 102 Å². The molecule has 2 aromatic heterocycles. The Kier molecular flexibility index (Phi) is 7.49. The number of methoxy groups -OCH3 is 1. The largest absolute Gasteiger partial charge is 0.494 e. The highest BCUT2D eigenvalue weighted by atomic mass is 32.1. The fourth-order valence-electron chi connectivity index (χ4n) is 4.81. The zero-order chi connectivity index (χ0) is 28.4. The van der Waals surface area contributed by atoms with Gasteiger partial charge in [-0.2, -0.15) is 13.2 Å². The molecule has 40 heavy (non-hydrogen) atoms. The van der Waals surface area contributed by atoms with E-state index in [-0.39, 0.29) is 5.91 Å². The molecule has 0 unspecified atom stereocenters. The van der Waals surface area contributed by atoms with Crippen LogP contribution in [0.2, 0.25) is 0 Å². The molecule has 2 atom stereocenters. The molecule has 7 nitrogen and oxygen atoms in total. The lowest BCUT2D eigenvalue weighted by Crippen LogP contribution is -2.30. The minimum Gasteiger partial charge on any atom is -0.494 e. The van der Waals surface area contributed by atoms with Gasteiger partial charge >= 0.3 is 6.18 Å². The lowest BCUT2D eigenvalue weighted by atomic mass is 10.0. The fraction of sp³-hybridized carbons (Fsp3) is 0.207. The summed E-state index contributed by atoms with van der Waals surface area (Å²) in [6, 6.07) is 18.8. The number of amides is 1. The molecule has 1 fully saturated rings. The van der Waals surface area contributed by atoms with Crippen LogP contribution in [0.3, 0.4) is 0 Å². The van der Waals surface area contributed by atoms with Gasteiger partial charge in [0.05, 0.1) is 30.1 Å². The van der Waals surface area contributed by atoms with Crippen LogP contribution in [0.4, 0.5) is 24.5 Å². The number of alkyl halides is 3. The Hall–Kier alpha value is -4.38. The highest BCUT2D eigenvalue weighted by Gasteiger charge is 2.42. The number of carbonyl (C=O) groups is 1. The van der Waals surface area contributed by atoms with E-state index in [9.17, 15) is 18.0 Å². The van der Waals surface area contributed by atoms with Crippen LogP contribution in [0.15, 0.2) is 85.2 Å². The van der Waals surface area contributed by atoms with E-state index in [1.807, 2.05) is 35.2 Å². The van der Waals surface area contributed by atoms with Gasteiger partial charge in [0.2, 0.25) is 5.91 Å². The number of aromatic nitrogens is 2. The first-order chi connectivity index (χ1) is 19.2. The summed E-state index contributed by atoms with van der Waals surface area (Å²) < 4.78 is 47.9. The number of thiocarbonyl (C=S) groups is 1. The number of carbonyl (C=O) groups excluding carboxylic acids is 1. The highest BCUT2D eigenvalue weighted by molar-refractivity contribution is 7.80. The van der Waals surface area contributed by atoms with Gasteiger partial charge in [-0.15, -0.1) is 0 Å². The molecule has 2 aromatic carbocycles. The van der Waals surface area contributed by atoms with E-state index in [0.717, 1.165) is 12.1 Å². The SMILES string of the molecule is CCC(=O)Nc1ccc(N2C(=S)N[C@@H](c3ccccn3)[C@@H]2c2cccn2-c2cccc(C(F)(F)F)c2)cc1OC. The summed E-state index contributed by atoms with van der Waals surface area (Å²) in [6.45, 7) is 1.76. The van der Waals surface area contributed by atoms with E-state index in [1.165, 1.54) is 13.2 Å². The van der Waals surface area contributed by atoms with Gasteiger partial charge in [0.15, 0.2) is 5.11 Å². The number of pyridine rings is 1. The van der Waals surface area contributed by atoms with Gasteiger partial charge in [0, 0.05) is 41.9 Å². The summed E-state index contributed by atoms with van der Waals surface area (Å²) in [7, 11) is 1.51. The fourth-order valence-corrected chi connectivity index (χ4v) is 5.15. The average Bonchev–Trinajstić information content (AvgIpc) is 3.57. The van der Waals surface area contributed by atoms with Crippen LogP contribution in [0.25, 0.3) is 5.69 Å². The number of benzene rings is 2. The first-order valence-electron chi connectivity index (χ1n) is 12.5. The average molecular weight is 566 g/mol. The summed E-state index contributed by atoms with van der Waals surface area (Å²) >= 11 is 5.80. The number of anilines is 2. The molecule has 1 aliphatic heterocycles. The van der Waals surface area contributed by atoms with Gasteiger partial charge in [0.25, 0.3) is 0 Å². The molecule has 0 saturated carbocycles. The molecule has 5 rings (SSSR count). The summed E-state index contributed by atoms with van der Waals surface area (Å²) in [5.41, 5.74) is 2.22. The summed E-state index contributed by atoms with van der Waals surface area (Å²) in [5.74, 6) is 0.284. The molecular weight excluding hydrogens is 539 g/mol. The van der Waals surface area contributed by atoms with Gasteiger partial charge in [-0.05, 0) is 66.8 Å². The molecular formula is C29H26F3N5O2S. The molecule has 0 radical (unpaired) electrons. The second-order valence-electron chi connectivity index (χ2n) is 9.13. The minimum atomic E-state index is -4.48. The maximum atomic E-state index is 13.5. The van der Waals surface area contributed by atoms with Crippen molar-refractivity contribution in [1.82, 2.24) is 14.9 Å². The van der Waals surface area contributed by atoms with Crippen LogP contribution >= 0.6 is 12.2 Å². The topological polar surface area (TPSA) is 71.4 Å². The van der Waals surface area contributed by atoms with E-state index in [0.29, 0.717) is 45.7 Å². The smallest absolute Gasteiger partial charge is 0.416 e. The lowest BCUT2D eigenvalue weighted by Gasteiger charge is -2.29. The van der Waals surface area contributed by atoms with Crippen LogP contribution in [0.1, 0.15) is 42.4 Å². The Morgan fingerprint density at radius 2 is 1.90 bits per heavy atom. The van der Waals surface area contributed by atoms with Gasteiger partial charge in [0.1, 0.15) is 11.8 Å². The van der Waals surface area contributed by atoms with Crippen LogP contribution in [-0.4, -0.2) is 27.7 Å². The highest BCUT2D eigenvalue weighted by Crippen LogP contribution is 2.44. The second kappa shape index (κ2) is 11.0. The second-order valence-corrected chi connectivity index (χ2v) is 9.52. The van der Waals surface area contributed by atoms with Crippen molar-refractivity contribution >= 4 is 34.6 Å². The number of halogens is 3. The van der Waals surface area contributed by atoms with Crippen molar-refractivity contribution in [1.29, 1.82) is 0 Å². The van der Waals surface area contributed by atoms with Crippen LogP contribution in [0, 0.1) is 0 Å². The van der Waals surface area contributed by atoms with Gasteiger partial charge < -0.3 is 24.8 Å². The minimum absolute atomic E-state index is 0.156. The Morgan fingerprint density at radius 1 is 1.07 bits per heavy atom. The zero-order valence-corrected chi connectivity index (χ0v) is 22.5. The van der Waals surface area contributed by atoms with E-state index >= 15 is 0 Å². The van der Waals surface area contributed by atoms with Crippen LogP contribution in [0.5, 0.6) is 5.75 Å². The summed E-state index contributed by atoms with van der Waals surface area (Å²) in [6.07, 6.45) is -0.761. The quantitative estimate of drug-likeness (QED) is 0.252. The van der Waals surface area contributed by atoms with Crippen molar-refractivity contribution in [2.24, 2.45) is 0 Å². The summed E-state index contributed by atoms with van der Waals surface area (Å²) in [4.78, 5) is 18.5. The number of hydrogen-bond acceptors (Lipinski definition) is 4.